The minimum atomic E-state index is -0.0206. The summed E-state index contributed by atoms with van der Waals surface area (Å²) in [6.45, 7) is 3.04. The number of fused-ring (bicyclic) bond motifs is 1. The van der Waals surface area contributed by atoms with E-state index >= 15 is 0 Å². The van der Waals surface area contributed by atoms with Crippen molar-refractivity contribution in [3.05, 3.63) is 47.5 Å². The molecule has 0 amide bonds. The molecule has 2 aromatic carbocycles. The third-order valence-electron chi connectivity index (χ3n) is 3.90. The van der Waals surface area contributed by atoms with E-state index in [1.54, 1.807) is 0 Å². The molecule has 2 aromatic rings. The molecule has 0 heterocycles. The van der Waals surface area contributed by atoms with Gasteiger partial charge in [-0.05, 0) is 55.9 Å². The Kier molecular flexibility index (Phi) is 5.35. The summed E-state index contributed by atoms with van der Waals surface area (Å²) < 4.78 is 0. The van der Waals surface area contributed by atoms with Gasteiger partial charge in [0.05, 0.1) is 6.04 Å². The van der Waals surface area contributed by atoms with Crippen molar-refractivity contribution in [2.75, 3.05) is 20.6 Å². The van der Waals surface area contributed by atoms with Crippen LogP contribution in [0.4, 0.5) is 0 Å². The van der Waals surface area contributed by atoms with E-state index in [1.165, 1.54) is 33.4 Å². The van der Waals surface area contributed by atoms with Crippen LogP contribution in [-0.2, 0) is 0 Å². The van der Waals surface area contributed by atoms with Gasteiger partial charge in [-0.2, -0.15) is 5.10 Å². The van der Waals surface area contributed by atoms with E-state index in [0.29, 0.717) is 0 Å². The van der Waals surface area contributed by atoms with Crippen LogP contribution in [0.2, 0.25) is 0 Å². The largest absolute Gasteiger partial charge is 0.388 e. The second-order valence-corrected chi connectivity index (χ2v) is 5.77. The molecule has 5 heteroatoms. The van der Waals surface area contributed by atoms with E-state index in [0.717, 1.165) is 13.0 Å². The Balaban J connectivity index is 2.48. The summed E-state index contributed by atoms with van der Waals surface area (Å²) in [5.74, 6) is 6.11. The van der Waals surface area contributed by atoms with Crippen molar-refractivity contribution in [3.63, 3.8) is 0 Å². The van der Waals surface area contributed by atoms with Gasteiger partial charge < -0.3 is 10.6 Å². The average molecular weight is 299 g/mol. The smallest absolute Gasteiger partial charge is 0.107 e. The zero-order valence-electron chi connectivity index (χ0n) is 13.5. The third kappa shape index (κ3) is 3.55. The normalized spacial score (nSPS) is 13.1. The fourth-order valence-electron chi connectivity index (χ4n) is 2.73. The monoisotopic (exact) mass is 299 g/mol. The lowest BCUT2D eigenvalue weighted by Gasteiger charge is -2.27. The van der Waals surface area contributed by atoms with E-state index in [9.17, 15) is 0 Å². The quantitative estimate of drug-likeness (QED) is 0.371. The van der Waals surface area contributed by atoms with Gasteiger partial charge in [0, 0.05) is 0 Å². The number of aryl methyl sites for hydroxylation is 1. The van der Waals surface area contributed by atoms with Crippen LogP contribution >= 0.6 is 0 Å². The number of hydrogen-bond donors (Lipinski definition) is 2. The lowest BCUT2D eigenvalue weighted by atomic mass is 9.94. The highest BCUT2D eigenvalue weighted by atomic mass is 15.6. The van der Waals surface area contributed by atoms with Crippen LogP contribution < -0.4 is 11.6 Å². The van der Waals surface area contributed by atoms with Gasteiger partial charge in [0.25, 0.3) is 0 Å². The van der Waals surface area contributed by atoms with Crippen molar-refractivity contribution < 1.29 is 0 Å². The maximum absolute atomic E-state index is 6.11. The fraction of sp³-hybridized carbons (Fsp3) is 0.353. The molecule has 1 atom stereocenters. The zero-order valence-corrected chi connectivity index (χ0v) is 13.5. The van der Waals surface area contributed by atoms with Crippen LogP contribution in [0.3, 0.4) is 0 Å². The molecule has 4 N–H and O–H groups in total. The van der Waals surface area contributed by atoms with Crippen LogP contribution in [0.15, 0.2) is 41.5 Å². The van der Waals surface area contributed by atoms with E-state index in [4.69, 9.17) is 11.6 Å². The Morgan fingerprint density at radius 3 is 2.45 bits per heavy atom. The first kappa shape index (κ1) is 16.3. The van der Waals surface area contributed by atoms with Crippen LogP contribution in [-0.4, -0.2) is 37.0 Å². The van der Waals surface area contributed by atoms with Crippen molar-refractivity contribution in [2.24, 2.45) is 16.7 Å². The highest BCUT2D eigenvalue weighted by Crippen LogP contribution is 2.31. The van der Waals surface area contributed by atoms with Crippen LogP contribution in [0, 0.1) is 6.92 Å². The molecule has 0 aliphatic heterocycles. The first-order chi connectivity index (χ1) is 10.5. The third-order valence-corrected chi connectivity index (χ3v) is 3.90. The molecule has 0 bridgehead atoms. The minimum Gasteiger partial charge on any atom is -0.388 e. The highest BCUT2D eigenvalue weighted by molar-refractivity contribution is 5.88. The predicted molar refractivity (Wildman–Crippen MR) is 93.3 cm³/mol. The van der Waals surface area contributed by atoms with Gasteiger partial charge >= 0.3 is 0 Å². The minimum absolute atomic E-state index is 0.0206. The zero-order chi connectivity index (χ0) is 16.1. The molecule has 0 radical (unpaired) electrons. The summed E-state index contributed by atoms with van der Waals surface area (Å²) in [5, 5.41) is 7.98. The van der Waals surface area contributed by atoms with E-state index in [-0.39, 0.29) is 6.04 Å². The van der Waals surface area contributed by atoms with Gasteiger partial charge in [-0.1, -0.05) is 36.4 Å². The Hall–Kier alpha value is -2.11. The number of nitrogens with two attached hydrogens (primary N) is 2. The molecule has 0 aliphatic rings. The molecular formula is C17H25N5. The Bertz CT molecular complexity index is 651. The number of rotatable bonds is 6. The second-order valence-electron chi connectivity index (χ2n) is 5.77. The molecule has 0 saturated carbocycles. The standard InChI is InChI=1S/C17H25N5/c1-13-8-9-16(15-7-5-4-6-14(13)15)17(10-11-21(2)3)22(19)20-12-18/h4-9,12,17H,10-11,19H2,1-3H3,(H2,18,20). The maximum atomic E-state index is 6.11. The van der Waals surface area contributed by atoms with Crippen LogP contribution in [0.1, 0.15) is 23.6 Å². The fourth-order valence-corrected chi connectivity index (χ4v) is 2.73. The molecule has 0 aromatic heterocycles. The van der Waals surface area contributed by atoms with Gasteiger partial charge in [0.2, 0.25) is 0 Å². The number of hydrazine groups is 1. The van der Waals surface area contributed by atoms with Gasteiger partial charge in [0.15, 0.2) is 0 Å². The molecule has 1 unspecified atom stereocenters. The summed E-state index contributed by atoms with van der Waals surface area (Å²) in [7, 11) is 4.11. The van der Waals surface area contributed by atoms with Crippen molar-refractivity contribution in [1.29, 1.82) is 0 Å². The molecule has 22 heavy (non-hydrogen) atoms. The van der Waals surface area contributed by atoms with Crippen LogP contribution in [0.5, 0.6) is 0 Å². The first-order valence-corrected chi connectivity index (χ1v) is 7.45. The lowest BCUT2D eigenvalue weighted by Crippen LogP contribution is -2.33. The predicted octanol–water partition coefficient (Wildman–Crippen LogP) is 2.22. The van der Waals surface area contributed by atoms with Crippen molar-refractivity contribution in [2.45, 2.75) is 19.4 Å². The van der Waals surface area contributed by atoms with E-state index < -0.39 is 0 Å². The first-order valence-electron chi connectivity index (χ1n) is 7.45. The summed E-state index contributed by atoms with van der Waals surface area (Å²) in [5.41, 5.74) is 7.85. The summed E-state index contributed by atoms with van der Waals surface area (Å²) >= 11 is 0. The highest BCUT2D eigenvalue weighted by Gasteiger charge is 2.19. The van der Waals surface area contributed by atoms with Gasteiger partial charge in [-0.3, -0.25) is 0 Å². The molecular weight excluding hydrogens is 274 g/mol. The van der Waals surface area contributed by atoms with Crippen molar-refractivity contribution >= 4 is 17.1 Å². The summed E-state index contributed by atoms with van der Waals surface area (Å²) in [6, 6.07) is 12.7. The molecule has 118 valence electrons. The SMILES string of the molecule is Cc1ccc(C(CCN(C)C)N(N)/N=C\N)c2ccccc12. The van der Waals surface area contributed by atoms with Crippen molar-refractivity contribution in [1.82, 2.24) is 10.0 Å². The number of hydrogen-bond acceptors (Lipinski definition) is 4. The lowest BCUT2D eigenvalue weighted by molar-refractivity contribution is 0.189. The number of benzene rings is 2. The Morgan fingerprint density at radius 1 is 1.14 bits per heavy atom. The maximum Gasteiger partial charge on any atom is 0.107 e. The number of nitrogens with zero attached hydrogens (tertiary/aromatic N) is 3. The summed E-state index contributed by atoms with van der Waals surface area (Å²) in [6.07, 6.45) is 2.10. The van der Waals surface area contributed by atoms with Crippen LogP contribution in [0.25, 0.3) is 10.8 Å². The molecule has 0 aliphatic carbocycles. The average Bonchev–Trinajstić information content (AvgIpc) is 2.50. The number of hydrazone groups is 1. The molecule has 0 fully saturated rings. The molecule has 5 nitrogen and oxygen atoms in total. The van der Waals surface area contributed by atoms with Gasteiger partial charge in [-0.15, -0.1) is 0 Å². The molecule has 0 spiro atoms. The summed E-state index contributed by atoms with van der Waals surface area (Å²) in [4.78, 5) is 2.14. The second kappa shape index (κ2) is 7.24. The molecule has 0 saturated heterocycles. The molecule has 2 rings (SSSR count). The van der Waals surface area contributed by atoms with Gasteiger partial charge in [0.1, 0.15) is 6.34 Å². The Labute approximate surface area is 132 Å². The Morgan fingerprint density at radius 2 is 1.82 bits per heavy atom. The van der Waals surface area contributed by atoms with E-state index in [2.05, 4.69) is 67.4 Å². The van der Waals surface area contributed by atoms with Crippen molar-refractivity contribution in [3.8, 4) is 0 Å². The van der Waals surface area contributed by atoms with Gasteiger partial charge in [-0.25, -0.2) is 11.0 Å². The van der Waals surface area contributed by atoms with E-state index in [1.807, 2.05) is 0 Å². The topological polar surface area (TPSA) is 70.9 Å².